The van der Waals surface area contributed by atoms with Crippen LogP contribution < -0.4 is 32.3 Å². The van der Waals surface area contributed by atoms with Crippen molar-refractivity contribution in [1.29, 1.82) is 0 Å². The number of nitrogens with zero attached hydrogens (tertiary/aromatic N) is 13. The van der Waals surface area contributed by atoms with Crippen molar-refractivity contribution in [2.75, 3.05) is 22.9 Å². The van der Waals surface area contributed by atoms with E-state index in [-0.39, 0.29) is 46.1 Å². The van der Waals surface area contributed by atoms with Crippen molar-refractivity contribution in [3.05, 3.63) is 126 Å². The minimum Gasteiger partial charge on any atom is -0.332 e. The number of benzene rings is 2. The number of anilines is 2. The van der Waals surface area contributed by atoms with Crippen LogP contribution in [0.5, 0.6) is 0 Å². The number of fused-ring (bicyclic) bond motifs is 2. The van der Waals surface area contributed by atoms with Gasteiger partial charge in [-0.25, -0.2) is 19.6 Å². The van der Waals surface area contributed by atoms with Gasteiger partial charge in [-0.05, 0) is 72.9 Å². The number of nitrogens with one attached hydrogen (secondary N) is 1. The molecule has 2 unspecified atom stereocenters. The third-order valence-corrected chi connectivity index (χ3v) is 14.7. The summed E-state index contributed by atoms with van der Waals surface area (Å²) in [5, 5.41) is 9.05. The van der Waals surface area contributed by atoms with Crippen molar-refractivity contribution in [3.8, 4) is 22.8 Å². The van der Waals surface area contributed by atoms with Crippen molar-refractivity contribution in [3.63, 3.8) is 0 Å². The molecule has 6 aromatic heterocycles. The van der Waals surface area contributed by atoms with Crippen molar-refractivity contribution in [2.24, 2.45) is 18.9 Å². The predicted octanol–water partition coefficient (Wildman–Crippen LogP) is 7.50. The molecule has 1 N–H and O–H groups in total. The SMILES string of the molecule is CCCn1c(=O)c2[nH]c(-c3cnn(CC4CC(=O)N(c5ccc(C(C)C)cc5)C4)c3)nc2n(CCC)c1=O.CCCn1c(=O)c2c(nc(-c3cnn(CC4CC(=O)N(c5ccc(C(C)C)cc5)C4)c3)n2C)n(CCC)c1=O. The molecule has 2 aliphatic heterocycles. The maximum Gasteiger partial charge on any atom is 0.332 e. The van der Waals surface area contributed by atoms with Crippen LogP contribution in [0.3, 0.4) is 0 Å². The van der Waals surface area contributed by atoms with Crippen LogP contribution in [-0.2, 0) is 55.9 Å². The zero-order valence-corrected chi connectivity index (χ0v) is 45.9. The molecule has 2 saturated heterocycles. The number of aromatic amines is 1. The molecule has 77 heavy (non-hydrogen) atoms. The Balaban J connectivity index is 0.000000188. The van der Waals surface area contributed by atoms with Gasteiger partial charge >= 0.3 is 11.4 Å². The zero-order valence-electron chi connectivity index (χ0n) is 45.9. The highest BCUT2D eigenvalue weighted by atomic mass is 16.2. The number of hydrogen-bond acceptors (Lipinski definition) is 10. The third-order valence-electron chi connectivity index (χ3n) is 14.7. The number of aromatic nitrogens is 12. The van der Waals surface area contributed by atoms with E-state index in [0.717, 1.165) is 35.3 Å². The molecule has 8 aromatic rings. The first kappa shape index (κ1) is 53.9. The van der Waals surface area contributed by atoms with E-state index in [9.17, 15) is 28.8 Å². The summed E-state index contributed by atoms with van der Waals surface area (Å²) in [7, 11) is 1.80. The Hall–Kier alpha value is -7.90. The van der Waals surface area contributed by atoms with Crippen LogP contribution in [0.2, 0.25) is 0 Å². The smallest absolute Gasteiger partial charge is 0.332 e. The second-order valence-electron chi connectivity index (χ2n) is 21.3. The Morgan fingerprint density at radius 3 is 1.48 bits per heavy atom. The van der Waals surface area contributed by atoms with Crippen molar-refractivity contribution >= 4 is 45.5 Å². The monoisotopic (exact) mass is 1050 g/mol. The summed E-state index contributed by atoms with van der Waals surface area (Å²) >= 11 is 0. The van der Waals surface area contributed by atoms with Gasteiger partial charge in [0.15, 0.2) is 16.8 Å². The highest BCUT2D eigenvalue weighted by Gasteiger charge is 2.33. The highest BCUT2D eigenvalue weighted by molar-refractivity contribution is 5.96. The number of carbonyl (C=O) groups excluding carboxylic acids is 2. The average molecular weight is 1050 g/mol. The van der Waals surface area contributed by atoms with Gasteiger partial charge in [0.1, 0.15) is 17.2 Å². The fourth-order valence-corrected chi connectivity index (χ4v) is 10.7. The largest absolute Gasteiger partial charge is 0.332 e. The van der Waals surface area contributed by atoms with Crippen LogP contribution in [0.1, 0.15) is 117 Å². The molecule has 10 rings (SSSR count). The van der Waals surface area contributed by atoms with Gasteiger partial charge in [-0.15, -0.1) is 0 Å². The van der Waals surface area contributed by atoms with Crippen LogP contribution in [0, 0.1) is 11.8 Å². The number of amides is 2. The summed E-state index contributed by atoms with van der Waals surface area (Å²) in [4.78, 5) is 94.1. The number of H-pyrrole nitrogens is 1. The highest BCUT2D eigenvalue weighted by Crippen LogP contribution is 2.31. The summed E-state index contributed by atoms with van der Waals surface area (Å²) in [6.07, 6.45) is 11.0. The van der Waals surface area contributed by atoms with Crippen molar-refractivity contribution < 1.29 is 9.59 Å². The molecule has 2 aromatic carbocycles. The van der Waals surface area contributed by atoms with Gasteiger partial charge in [0.05, 0.1) is 23.5 Å². The van der Waals surface area contributed by atoms with E-state index in [1.807, 2.05) is 83.5 Å². The van der Waals surface area contributed by atoms with Crippen LogP contribution in [0.25, 0.3) is 45.1 Å². The zero-order chi connectivity index (χ0) is 54.8. The van der Waals surface area contributed by atoms with Gasteiger partial charge in [0.2, 0.25) is 11.8 Å². The Morgan fingerprint density at radius 1 is 0.558 bits per heavy atom. The molecule has 2 aliphatic rings. The molecule has 2 amide bonds. The Bertz CT molecular complexity index is 3680. The van der Waals surface area contributed by atoms with E-state index in [1.165, 1.54) is 20.3 Å². The predicted molar refractivity (Wildman–Crippen MR) is 299 cm³/mol. The molecule has 2 fully saturated rings. The maximum absolute atomic E-state index is 13.3. The number of carbonyl (C=O) groups is 2. The van der Waals surface area contributed by atoms with Gasteiger partial charge in [0.25, 0.3) is 11.1 Å². The Kier molecular flexibility index (Phi) is 15.9. The van der Waals surface area contributed by atoms with Gasteiger partial charge in [0, 0.05) is 108 Å². The van der Waals surface area contributed by atoms with Gasteiger partial charge in [-0.2, -0.15) is 10.2 Å². The van der Waals surface area contributed by atoms with E-state index >= 15 is 0 Å². The van der Waals surface area contributed by atoms with Gasteiger partial charge in [-0.3, -0.25) is 46.8 Å². The van der Waals surface area contributed by atoms with Crippen LogP contribution >= 0.6 is 0 Å². The van der Waals surface area contributed by atoms with Gasteiger partial charge in [-0.1, -0.05) is 79.7 Å². The lowest BCUT2D eigenvalue weighted by Crippen LogP contribution is -2.40. The van der Waals surface area contributed by atoms with Crippen LogP contribution in [0.4, 0.5) is 11.4 Å². The maximum atomic E-state index is 13.3. The first-order valence-corrected chi connectivity index (χ1v) is 27.3. The van der Waals surface area contributed by atoms with Gasteiger partial charge < -0.3 is 19.4 Å². The van der Waals surface area contributed by atoms with Crippen molar-refractivity contribution in [1.82, 2.24) is 57.3 Å². The summed E-state index contributed by atoms with van der Waals surface area (Å²) in [5.41, 5.74) is 6.07. The topological polar surface area (TPSA) is 211 Å². The molecule has 406 valence electrons. The van der Waals surface area contributed by atoms with E-state index < -0.39 is 0 Å². The quantitative estimate of drug-likeness (QED) is 0.0894. The molecule has 2 atom stereocenters. The second kappa shape index (κ2) is 22.7. The first-order valence-electron chi connectivity index (χ1n) is 27.3. The number of hydrogen-bond donors (Lipinski definition) is 1. The van der Waals surface area contributed by atoms with Crippen LogP contribution in [0.15, 0.2) is 92.5 Å². The minimum atomic E-state index is -0.351. The lowest BCUT2D eigenvalue weighted by atomic mass is 10.0. The van der Waals surface area contributed by atoms with E-state index in [2.05, 4.69) is 72.1 Å². The number of aryl methyl sites for hydroxylation is 3. The molecule has 0 radical (unpaired) electrons. The number of imidazole rings is 2. The van der Waals surface area contributed by atoms with E-state index in [1.54, 1.807) is 33.1 Å². The minimum absolute atomic E-state index is 0.120. The standard InChI is InChI=1S/C29H37N7O3.C28H35N7O3/c1-6-12-34-27-25(28(38)35(13-7-2)29(34)39)32(5)26(31-27)22-15-30-33(18-22)16-20-14-24(37)36(17-20)23-10-8-21(9-11-23)19(3)4;1-5-11-33-26-24(27(37)34(12-6-2)28(33)38)30-25(31-26)21-14-29-32(17-21)15-19-13-23(36)35(16-19)22-9-7-20(8-10-22)18(3)4/h8-11,15,18-20H,6-7,12-14,16-17H2,1-5H3;7-10,14,17-19H,5-6,11-13,15-16H2,1-4H3,(H,30,31). The lowest BCUT2D eigenvalue weighted by molar-refractivity contribution is -0.118. The summed E-state index contributed by atoms with van der Waals surface area (Å²) in [6, 6.07) is 16.5. The molecule has 20 nitrogen and oxygen atoms in total. The molecule has 0 bridgehead atoms. The fraction of sp³-hybridized carbons (Fsp3) is 0.474. The molecule has 0 spiro atoms. The summed E-state index contributed by atoms with van der Waals surface area (Å²) in [6.45, 7) is 20.7. The summed E-state index contributed by atoms with van der Waals surface area (Å²) in [5.74, 6) is 2.48. The normalized spacial score (nSPS) is 15.8. The molecule has 0 saturated carbocycles. The Labute approximate surface area is 446 Å². The Morgan fingerprint density at radius 2 is 1.00 bits per heavy atom. The molecular weight excluding hydrogens is 977 g/mol. The second-order valence-corrected chi connectivity index (χ2v) is 21.3. The van der Waals surface area contributed by atoms with E-state index in [4.69, 9.17) is 4.98 Å². The fourth-order valence-electron chi connectivity index (χ4n) is 10.7. The van der Waals surface area contributed by atoms with Crippen LogP contribution in [-0.4, -0.2) is 82.3 Å². The molecule has 20 heteroatoms. The number of rotatable bonds is 18. The first-order chi connectivity index (χ1) is 37.0. The average Bonchev–Trinajstić information content (AvgIpc) is 4.34. The third kappa shape index (κ3) is 10.8. The van der Waals surface area contributed by atoms with Crippen molar-refractivity contribution in [2.45, 2.75) is 145 Å². The molecular formula is C57H72N14O6. The van der Waals surface area contributed by atoms with E-state index in [0.29, 0.717) is 124 Å². The lowest BCUT2D eigenvalue weighted by Gasteiger charge is -2.18. The summed E-state index contributed by atoms with van der Waals surface area (Å²) < 4.78 is 11.2. The molecule has 8 heterocycles. The molecule has 0 aliphatic carbocycles.